The highest BCUT2D eigenvalue weighted by Gasteiger charge is 2.20. The Morgan fingerprint density at radius 1 is 1.14 bits per heavy atom. The van der Waals surface area contributed by atoms with Crippen molar-refractivity contribution in [3.05, 3.63) is 59.2 Å². The third kappa shape index (κ3) is 6.01. The molecular weight excluding hydrogens is 366 g/mol. The van der Waals surface area contributed by atoms with Gasteiger partial charge in [0.1, 0.15) is 0 Å². The minimum absolute atomic E-state index is 0.115. The Hall–Kier alpha value is -1.98. The molecule has 0 spiro atoms. The van der Waals surface area contributed by atoms with Gasteiger partial charge in [0, 0.05) is 23.7 Å². The molecule has 3 rings (SSSR count). The number of carbonyl (C=O) groups excluding carboxylic acids is 1. The van der Waals surface area contributed by atoms with Crippen LogP contribution in [0.5, 0.6) is 0 Å². The summed E-state index contributed by atoms with van der Waals surface area (Å²) >= 11 is 1.67. The Morgan fingerprint density at radius 2 is 1.93 bits per heavy atom. The van der Waals surface area contributed by atoms with Crippen molar-refractivity contribution < 1.29 is 4.79 Å². The van der Waals surface area contributed by atoms with Crippen LogP contribution in [-0.4, -0.2) is 36.8 Å². The Kier molecular flexibility index (Phi) is 7.40. The molecule has 5 heteroatoms. The van der Waals surface area contributed by atoms with Gasteiger partial charge < -0.3 is 10.6 Å². The topological polar surface area (TPSA) is 44.4 Å². The van der Waals surface area contributed by atoms with Gasteiger partial charge in [0.25, 0.3) is 0 Å². The summed E-state index contributed by atoms with van der Waals surface area (Å²) in [5.41, 5.74) is 4.97. The fourth-order valence-electron chi connectivity index (χ4n) is 3.67. The number of thioether (sulfide) groups is 1. The van der Waals surface area contributed by atoms with E-state index in [1.807, 2.05) is 30.5 Å². The first-order valence-corrected chi connectivity index (χ1v) is 11.2. The van der Waals surface area contributed by atoms with Crippen molar-refractivity contribution in [3.63, 3.8) is 0 Å². The van der Waals surface area contributed by atoms with E-state index in [4.69, 9.17) is 0 Å². The molecule has 150 valence electrons. The van der Waals surface area contributed by atoms with Gasteiger partial charge in [-0.1, -0.05) is 29.8 Å². The fraction of sp³-hybridized carbons (Fsp3) is 0.435. The van der Waals surface area contributed by atoms with E-state index in [1.54, 1.807) is 11.8 Å². The standard InChI is InChI=1S/C23H31N3OS/c1-17-7-8-18(2)20(13-17)16-26-11-9-19(10-12-26)15-24-23(27)25-21-5-4-6-22(14-21)28-3/h4-8,13-14,19H,9-12,15-16H2,1-3H3,(H2,24,25,27). The lowest BCUT2D eigenvalue weighted by Gasteiger charge is -2.32. The van der Waals surface area contributed by atoms with Gasteiger partial charge in [-0.2, -0.15) is 0 Å². The molecule has 1 heterocycles. The first-order valence-electron chi connectivity index (χ1n) is 10.0. The molecule has 0 radical (unpaired) electrons. The number of amides is 2. The van der Waals surface area contributed by atoms with Crippen LogP contribution in [0.3, 0.4) is 0 Å². The Morgan fingerprint density at radius 3 is 2.68 bits per heavy atom. The van der Waals surface area contributed by atoms with E-state index in [0.29, 0.717) is 5.92 Å². The molecule has 1 aliphatic rings. The van der Waals surface area contributed by atoms with Crippen LogP contribution in [0.25, 0.3) is 0 Å². The molecule has 2 aromatic rings. The van der Waals surface area contributed by atoms with E-state index in [2.05, 4.69) is 47.6 Å². The second-order valence-electron chi connectivity index (χ2n) is 7.72. The smallest absolute Gasteiger partial charge is 0.319 e. The number of hydrogen-bond acceptors (Lipinski definition) is 3. The van der Waals surface area contributed by atoms with Gasteiger partial charge in [0.05, 0.1) is 0 Å². The summed E-state index contributed by atoms with van der Waals surface area (Å²) in [5, 5.41) is 5.98. The molecule has 2 aromatic carbocycles. The molecule has 0 bridgehead atoms. The maximum atomic E-state index is 12.2. The third-order valence-electron chi connectivity index (χ3n) is 5.48. The summed E-state index contributed by atoms with van der Waals surface area (Å²) in [5.74, 6) is 0.554. The maximum absolute atomic E-state index is 12.2. The zero-order chi connectivity index (χ0) is 19.9. The molecule has 0 aromatic heterocycles. The lowest BCUT2D eigenvalue weighted by Crippen LogP contribution is -2.39. The molecule has 4 nitrogen and oxygen atoms in total. The first kappa shape index (κ1) is 20.7. The number of hydrogen-bond donors (Lipinski definition) is 2. The van der Waals surface area contributed by atoms with Crippen LogP contribution in [0.2, 0.25) is 0 Å². The van der Waals surface area contributed by atoms with Gasteiger partial charge in [-0.3, -0.25) is 4.90 Å². The molecule has 0 aliphatic carbocycles. The second kappa shape index (κ2) is 9.99. The summed E-state index contributed by atoms with van der Waals surface area (Å²) in [4.78, 5) is 15.9. The van der Waals surface area contributed by atoms with Gasteiger partial charge >= 0.3 is 6.03 Å². The molecule has 0 saturated carbocycles. The molecule has 28 heavy (non-hydrogen) atoms. The number of urea groups is 1. The minimum atomic E-state index is -0.115. The number of likely N-dealkylation sites (tertiary alicyclic amines) is 1. The van der Waals surface area contributed by atoms with Crippen LogP contribution in [0.4, 0.5) is 10.5 Å². The summed E-state index contributed by atoms with van der Waals surface area (Å²) in [6.07, 6.45) is 4.30. The van der Waals surface area contributed by atoms with Crippen LogP contribution < -0.4 is 10.6 Å². The van der Waals surface area contributed by atoms with E-state index in [9.17, 15) is 4.79 Å². The van der Waals surface area contributed by atoms with Crippen molar-refractivity contribution in [2.75, 3.05) is 31.2 Å². The Labute approximate surface area is 173 Å². The fourth-order valence-corrected chi connectivity index (χ4v) is 4.13. The lowest BCUT2D eigenvalue weighted by atomic mass is 9.96. The number of carbonyl (C=O) groups is 1. The van der Waals surface area contributed by atoms with Crippen molar-refractivity contribution >= 4 is 23.5 Å². The zero-order valence-electron chi connectivity index (χ0n) is 17.1. The zero-order valence-corrected chi connectivity index (χ0v) is 17.9. The largest absolute Gasteiger partial charge is 0.338 e. The SMILES string of the molecule is CSc1cccc(NC(=O)NCC2CCN(Cc3cc(C)ccc3C)CC2)c1. The highest BCUT2D eigenvalue weighted by Crippen LogP contribution is 2.21. The van der Waals surface area contributed by atoms with Crippen molar-refractivity contribution in [1.29, 1.82) is 0 Å². The summed E-state index contributed by atoms with van der Waals surface area (Å²) in [6, 6.07) is 14.5. The van der Waals surface area contributed by atoms with Crippen LogP contribution >= 0.6 is 11.8 Å². The summed E-state index contributed by atoms with van der Waals surface area (Å²) < 4.78 is 0. The molecular formula is C23H31N3OS. The van der Waals surface area contributed by atoms with Crippen LogP contribution in [0.1, 0.15) is 29.5 Å². The van der Waals surface area contributed by atoms with Crippen LogP contribution in [0, 0.1) is 19.8 Å². The van der Waals surface area contributed by atoms with Crippen LogP contribution in [-0.2, 0) is 6.54 Å². The summed E-state index contributed by atoms with van der Waals surface area (Å²) in [6.45, 7) is 8.31. The van der Waals surface area contributed by atoms with Gasteiger partial charge in [0.2, 0.25) is 0 Å². The molecule has 2 amide bonds. The average molecular weight is 398 g/mol. The monoisotopic (exact) mass is 397 g/mol. The number of rotatable bonds is 6. The first-order chi connectivity index (χ1) is 13.5. The van der Waals surface area contributed by atoms with Gasteiger partial charge in [-0.05, 0) is 81.3 Å². The van der Waals surface area contributed by atoms with E-state index in [0.717, 1.165) is 49.6 Å². The third-order valence-corrected chi connectivity index (χ3v) is 6.21. The second-order valence-corrected chi connectivity index (χ2v) is 8.60. The van der Waals surface area contributed by atoms with E-state index in [1.165, 1.54) is 16.7 Å². The Balaban J connectivity index is 1.40. The quantitative estimate of drug-likeness (QED) is 0.670. The molecule has 0 atom stereocenters. The Bertz CT molecular complexity index is 800. The van der Waals surface area contributed by atoms with Crippen molar-refractivity contribution in [2.45, 2.75) is 38.1 Å². The predicted molar refractivity (Wildman–Crippen MR) is 119 cm³/mol. The number of aryl methyl sites for hydroxylation is 2. The number of nitrogens with one attached hydrogen (secondary N) is 2. The lowest BCUT2D eigenvalue weighted by molar-refractivity contribution is 0.175. The number of piperidine rings is 1. The van der Waals surface area contributed by atoms with Crippen molar-refractivity contribution in [1.82, 2.24) is 10.2 Å². The number of benzene rings is 2. The van der Waals surface area contributed by atoms with Crippen molar-refractivity contribution in [2.24, 2.45) is 5.92 Å². The van der Waals surface area contributed by atoms with E-state index >= 15 is 0 Å². The predicted octanol–water partition coefficient (Wildman–Crippen LogP) is 5.06. The average Bonchev–Trinajstić information content (AvgIpc) is 2.70. The number of nitrogens with zero attached hydrogens (tertiary/aromatic N) is 1. The van der Waals surface area contributed by atoms with Crippen LogP contribution in [0.15, 0.2) is 47.4 Å². The normalized spacial score (nSPS) is 15.4. The van der Waals surface area contributed by atoms with Gasteiger partial charge in [-0.25, -0.2) is 4.79 Å². The maximum Gasteiger partial charge on any atom is 0.319 e. The molecule has 0 unspecified atom stereocenters. The minimum Gasteiger partial charge on any atom is -0.338 e. The molecule has 1 fully saturated rings. The highest BCUT2D eigenvalue weighted by atomic mass is 32.2. The van der Waals surface area contributed by atoms with E-state index < -0.39 is 0 Å². The molecule has 1 saturated heterocycles. The highest BCUT2D eigenvalue weighted by molar-refractivity contribution is 7.98. The van der Waals surface area contributed by atoms with Gasteiger partial charge in [-0.15, -0.1) is 11.8 Å². The van der Waals surface area contributed by atoms with E-state index in [-0.39, 0.29) is 6.03 Å². The summed E-state index contributed by atoms with van der Waals surface area (Å²) in [7, 11) is 0. The molecule has 2 N–H and O–H groups in total. The number of anilines is 1. The molecule has 1 aliphatic heterocycles. The van der Waals surface area contributed by atoms with Crippen molar-refractivity contribution in [3.8, 4) is 0 Å². The van der Waals surface area contributed by atoms with Gasteiger partial charge in [0.15, 0.2) is 0 Å².